The molecule has 3 heteroatoms. The number of nitrogens with one attached hydrogen (secondary N) is 1. The van der Waals surface area contributed by atoms with Gasteiger partial charge < -0.3 is 10.2 Å². The van der Waals surface area contributed by atoms with Gasteiger partial charge in [0.15, 0.2) is 0 Å². The van der Waals surface area contributed by atoms with Gasteiger partial charge in [-0.05, 0) is 66.2 Å². The van der Waals surface area contributed by atoms with E-state index in [1.54, 1.807) is 0 Å². The number of likely N-dealkylation sites (N-methyl/N-ethyl adjacent to an activating group) is 1. The molecule has 0 radical (unpaired) electrons. The lowest BCUT2D eigenvalue weighted by Crippen LogP contribution is -2.57. The fourth-order valence-electron chi connectivity index (χ4n) is 3.61. The number of fused-ring (bicyclic) bond motifs is 1. The lowest BCUT2D eigenvalue weighted by atomic mass is 9.83. The second-order valence-corrected chi connectivity index (χ2v) is 6.05. The van der Waals surface area contributed by atoms with Gasteiger partial charge in [-0.2, -0.15) is 0 Å². The molecular formula is C14H29N3. The van der Waals surface area contributed by atoms with Crippen LogP contribution in [-0.2, 0) is 0 Å². The molecule has 2 aliphatic heterocycles. The molecule has 0 bridgehead atoms. The zero-order chi connectivity index (χ0) is 12.4. The molecule has 2 fully saturated rings. The van der Waals surface area contributed by atoms with Crippen molar-refractivity contribution in [2.75, 3.05) is 33.7 Å². The van der Waals surface area contributed by atoms with Crippen LogP contribution in [0.5, 0.6) is 0 Å². The zero-order valence-electron chi connectivity index (χ0n) is 11.9. The fraction of sp³-hybridized carbons (Fsp3) is 1.00. The Labute approximate surface area is 107 Å². The Kier molecular flexibility index (Phi) is 4.45. The molecule has 100 valence electrons. The van der Waals surface area contributed by atoms with Crippen LogP contribution in [0.25, 0.3) is 0 Å². The third-order valence-corrected chi connectivity index (χ3v) is 5.13. The number of piperidine rings is 2. The monoisotopic (exact) mass is 239 g/mol. The Hall–Kier alpha value is -0.120. The lowest BCUT2D eigenvalue weighted by Gasteiger charge is -2.48. The maximum Gasteiger partial charge on any atom is 0.0218 e. The third kappa shape index (κ3) is 2.83. The summed E-state index contributed by atoms with van der Waals surface area (Å²) in [6, 6.07) is 2.11. The molecule has 2 saturated heterocycles. The lowest BCUT2D eigenvalue weighted by molar-refractivity contribution is 0.0177. The molecule has 3 nitrogen and oxygen atoms in total. The summed E-state index contributed by atoms with van der Waals surface area (Å²) >= 11 is 0. The minimum absolute atomic E-state index is 0.591. The molecule has 0 aliphatic carbocycles. The van der Waals surface area contributed by atoms with Gasteiger partial charge >= 0.3 is 0 Å². The smallest absolute Gasteiger partial charge is 0.0218 e. The van der Waals surface area contributed by atoms with E-state index in [0.29, 0.717) is 12.1 Å². The minimum Gasteiger partial charge on any atom is -0.316 e. The van der Waals surface area contributed by atoms with Crippen molar-refractivity contribution in [2.24, 2.45) is 5.92 Å². The fourth-order valence-corrected chi connectivity index (χ4v) is 3.61. The SMILES string of the molecule is CNC(C)C(C)N1CCC2C(CCCN2C)C1. The average Bonchev–Trinajstić information content (AvgIpc) is 2.37. The van der Waals surface area contributed by atoms with Crippen molar-refractivity contribution >= 4 is 0 Å². The van der Waals surface area contributed by atoms with Gasteiger partial charge in [0.05, 0.1) is 0 Å². The molecule has 1 N–H and O–H groups in total. The molecule has 0 aromatic rings. The average molecular weight is 239 g/mol. The van der Waals surface area contributed by atoms with Crippen LogP contribution >= 0.6 is 0 Å². The van der Waals surface area contributed by atoms with Gasteiger partial charge in [0.25, 0.3) is 0 Å². The van der Waals surface area contributed by atoms with Crippen molar-refractivity contribution in [2.45, 2.75) is 51.2 Å². The standard InChI is InChI=1S/C14H29N3/c1-11(15-3)12(2)17-9-7-14-13(10-17)6-5-8-16(14)4/h11-15H,5-10H2,1-4H3. The Balaban J connectivity index is 1.93. The van der Waals surface area contributed by atoms with Crippen molar-refractivity contribution in [1.82, 2.24) is 15.1 Å². The van der Waals surface area contributed by atoms with Gasteiger partial charge in [-0.25, -0.2) is 0 Å². The number of nitrogens with zero attached hydrogens (tertiary/aromatic N) is 2. The normalized spacial score (nSPS) is 35.3. The molecule has 4 atom stereocenters. The van der Waals surface area contributed by atoms with Crippen molar-refractivity contribution < 1.29 is 0 Å². The summed E-state index contributed by atoms with van der Waals surface area (Å²) < 4.78 is 0. The first-order valence-corrected chi connectivity index (χ1v) is 7.25. The van der Waals surface area contributed by atoms with E-state index in [1.165, 1.54) is 38.9 Å². The summed E-state index contributed by atoms with van der Waals surface area (Å²) in [6.07, 6.45) is 4.19. The van der Waals surface area contributed by atoms with Gasteiger partial charge in [0, 0.05) is 24.7 Å². The van der Waals surface area contributed by atoms with E-state index in [2.05, 4.69) is 43.1 Å². The van der Waals surface area contributed by atoms with Crippen LogP contribution < -0.4 is 5.32 Å². The van der Waals surface area contributed by atoms with E-state index in [-0.39, 0.29) is 0 Å². The topological polar surface area (TPSA) is 18.5 Å². The number of hydrogen-bond acceptors (Lipinski definition) is 3. The predicted molar refractivity (Wildman–Crippen MR) is 73.3 cm³/mol. The van der Waals surface area contributed by atoms with Crippen LogP contribution in [0.1, 0.15) is 33.1 Å². The van der Waals surface area contributed by atoms with Gasteiger partial charge in [0.1, 0.15) is 0 Å². The summed E-state index contributed by atoms with van der Waals surface area (Å²) in [6.45, 7) is 8.56. The third-order valence-electron chi connectivity index (χ3n) is 5.13. The van der Waals surface area contributed by atoms with Crippen molar-refractivity contribution in [3.05, 3.63) is 0 Å². The second-order valence-electron chi connectivity index (χ2n) is 6.05. The zero-order valence-corrected chi connectivity index (χ0v) is 11.9. The molecule has 2 heterocycles. The first kappa shape index (κ1) is 13.3. The molecule has 0 amide bonds. The molecular weight excluding hydrogens is 210 g/mol. The highest BCUT2D eigenvalue weighted by Gasteiger charge is 2.36. The molecule has 0 saturated carbocycles. The van der Waals surface area contributed by atoms with E-state index in [1.807, 2.05) is 0 Å². The van der Waals surface area contributed by atoms with Crippen LogP contribution in [-0.4, -0.2) is 61.7 Å². The summed E-state index contributed by atoms with van der Waals surface area (Å²) in [5.74, 6) is 0.911. The van der Waals surface area contributed by atoms with E-state index in [9.17, 15) is 0 Å². The summed E-state index contributed by atoms with van der Waals surface area (Å²) in [5.41, 5.74) is 0. The van der Waals surface area contributed by atoms with Crippen LogP contribution in [0.4, 0.5) is 0 Å². The number of likely N-dealkylation sites (tertiary alicyclic amines) is 2. The van der Waals surface area contributed by atoms with E-state index in [4.69, 9.17) is 0 Å². The highest BCUT2D eigenvalue weighted by Crippen LogP contribution is 2.30. The van der Waals surface area contributed by atoms with E-state index >= 15 is 0 Å². The second kappa shape index (κ2) is 5.68. The van der Waals surface area contributed by atoms with E-state index < -0.39 is 0 Å². The highest BCUT2D eigenvalue weighted by molar-refractivity contribution is 4.91. The van der Waals surface area contributed by atoms with Crippen molar-refractivity contribution in [3.63, 3.8) is 0 Å². The Morgan fingerprint density at radius 1 is 1.18 bits per heavy atom. The highest BCUT2D eigenvalue weighted by atomic mass is 15.2. The van der Waals surface area contributed by atoms with Crippen LogP contribution in [0.2, 0.25) is 0 Å². The predicted octanol–water partition coefficient (Wildman–Crippen LogP) is 1.40. The number of hydrogen-bond donors (Lipinski definition) is 1. The van der Waals surface area contributed by atoms with Crippen molar-refractivity contribution in [3.8, 4) is 0 Å². The Bertz CT molecular complexity index is 244. The first-order valence-electron chi connectivity index (χ1n) is 7.25. The minimum atomic E-state index is 0.591. The molecule has 2 aliphatic rings. The quantitative estimate of drug-likeness (QED) is 0.803. The summed E-state index contributed by atoms with van der Waals surface area (Å²) in [4.78, 5) is 5.29. The first-order chi connectivity index (χ1) is 8.13. The van der Waals surface area contributed by atoms with Gasteiger partial charge in [-0.15, -0.1) is 0 Å². The Morgan fingerprint density at radius 3 is 2.65 bits per heavy atom. The van der Waals surface area contributed by atoms with Crippen LogP contribution in [0.3, 0.4) is 0 Å². The van der Waals surface area contributed by atoms with Crippen LogP contribution in [0.15, 0.2) is 0 Å². The molecule has 4 unspecified atom stereocenters. The van der Waals surface area contributed by atoms with Crippen molar-refractivity contribution in [1.29, 1.82) is 0 Å². The van der Waals surface area contributed by atoms with E-state index in [0.717, 1.165) is 12.0 Å². The summed E-state index contributed by atoms with van der Waals surface area (Å²) in [7, 11) is 4.38. The molecule has 2 rings (SSSR count). The van der Waals surface area contributed by atoms with Gasteiger partial charge in [-0.1, -0.05) is 0 Å². The Morgan fingerprint density at radius 2 is 1.94 bits per heavy atom. The molecule has 0 spiro atoms. The maximum absolute atomic E-state index is 3.39. The summed E-state index contributed by atoms with van der Waals surface area (Å²) in [5, 5.41) is 3.39. The van der Waals surface area contributed by atoms with Crippen LogP contribution in [0, 0.1) is 5.92 Å². The van der Waals surface area contributed by atoms with Gasteiger partial charge in [-0.3, -0.25) is 4.90 Å². The maximum atomic E-state index is 3.39. The molecule has 0 aromatic carbocycles. The number of rotatable bonds is 3. The largest absolute Gasteiger partial charge is 0.316 e. The van der Waals surface area contributed by atoms with Gasteiger partial charge in [0.2, 0.25) is 0 Å². The molecule has 17 heavy (non-hydrogen) atoms. The molecule has 0 aromatic heterocycles.